The Balaban J connectivity index is 1.57. The van der Waals surface area contributed by atoms with E-state index in [0.717, 1.165) is 25.7 Å². The van der Waals surface area contributed by atoms with Crippen LogP contribution in [0.3, 0.4) is 0 Å². The zero-order chi connectivity index (χ0) is 11.5. The van der Waals surface area contributed by atoms with Crippen molar-refractivity contribution >= 4 is 0 Å². The monoisotopic (exact) mass is 230 g/mol. The molecule has 0 bridgehead atoms. The van der Waals surface area contributed by atoms with E-state index in [2.05, 4.69) is 28.8 Å². The van der Waals surface area contributed by atoms with E-state index in [1.54, 1.807) is 0 Å². The number of hydrogen-bond acceptors (Lipinski definition) is 2. The van der Waals surface area contributed by atoms with Crippen LogP contribution in [0, 0.1) is 0 Å². The van der Waals surface area contributed by atoms with Crippen molar-refractivity contribution in [3.8, 4) is 0 Å². The molecule has 0 unspecified atom stereocenters. The standard InChI is InChI=1S/C15H22N2/c1-2-4-15(5-3-1)17-9-12-6-7-13-10-16-11-14(13)8-12/h6-8,15-17H,1-5,9-11H2. The molecule has 0 amide bonds. The van der Waals surface area contributed by atoms with E-state index in [-0.39, 0.29) is 0 Å². The lowest BCUT2D eigenvalue weighted by Gasteiger charge is -2.23. The molecule has 2 nitrogen and oxygen atoms in total. The van der Waals surface area contributed by atoms with Crippen molar-refractivity contribution in [2.45, 2.75) is 57.8 Å². The van der Waals surface area contributed by atoms with Crippen molar-refractivity contribution < 1.29 is 0 Å². The summed E-state index contributed by atoms with van der Waals surface area (Å²) in [5, 5.41) is 7.11. The Bertz CT molecular complexity index is 381. The Morgan fingerprint density at radius 3 is 2.76 bits per heavy atom. The zero-order valence-corrected chi connectivity index (χ0v) is 10.5. The van der Waals surface area contributed by atoms with Gasteiger partial charge in [-0.15, -0.1) is 0 Å². The van der Waals surface area contributed by atoms with Crippen LogP contribution in [-0.2, 0) is 19.6 Å². The van der Waals surface area contributed by atoms with Gasteiger partial charge >= 0.3 is 0 Å². The topological polar surface area (TPSA) is 24.1 Å². The van der Waals surface area contributed by atoms with E-state index >= 15 is 0 Å². The molecule has 3 rings (SSSR count). The quantitative estimate of drug-likeness (QED) is 0.834. The molecule has 0 aromatic heterocycles. The summed E-state index contributed by atoms with van der Waals surface area (Å²) < 4.78 is 0. The number of benzene rings is 1. The van der Waals surface area contributed by atoms with Crippen molar-refractivity contribution in [2.24, 2.45) is 0 Å². The van der Waals surface area contributed by atoms with E-state index in [1.165, 1.54) is 48.8 Å². The maximum absolute atomic E-state index is 3.71. The summed E-state index contributed by atoms with van der Waals surface area (Å²) in [6.45, 7) is 3.14. The predicted molar refractivity (Wildman–Crippen MR) is 70.7 cm³/mol. The largest absolute Gasteiger partial charge is 0.310 e. The van der Waals surface area contributed by atoms with Gasteiger partial charge in [0.2, 0.25) is 0 Å². The van der Waals surface area contributed by atoms with Crippen molar-refractivity contribution in [3.05, 3.63) is 34.9 Å². The van der Waals surface area contributed by atoms with Crippen LogP contribution in [0.1, 0.15) is 48.8 Å². The van der Waals surface area contributed by atoms with Crippen molar-refractivity contribution in [1.29, 1.82) is 0 Å². The molecule has 2 N–H and O–H groups in total. The Morgan fingerprint density at radius 2 is 1.88 bits per heavy atom. The normalized spacial score (nSPS) is 20.5. The van der Waals surface area contributed by atoms with Crippen LogP contribution in [0.5, 0.6) is 0 Å². The summed E-state index contributed by atoms with van der Waals surface area (Å²) in [6, 6.07) is 7.69. The van der Waals surface area contributed by atoms with Crippen molar-refractivity contribution in [3.63, 3.8) is 0 Å². The molecule has 1 fully saturated rings. The summed E-state index contributed by atoms with van der Waals surface area (Å²) in [7, 11) is 0. The highest BCUT2D eigenvalue weighted by Crippen LogP contribution is 2.19. The molecule has 1 heterocycles. The number of rotatable bonds is 3. The molecular weight excluding hydrogens is 208 g/mol. The third-order valence-electron chi connectivity index (χ3n) is 4.10. The fraction of sp³-hybridized carbons (Fsp3) is 0.600. The van der Waals surface area contributed by atoms with Gasteiger partial charge in [0.05, 0.1) is 0 Å². The molecule has 0 saturated heterocycles. The molecule has 1 aromatic carbocycles. The highest BCUT2D eigenvalue weighted by Gasteiger charge is 2.13. The lowest BCUT2D eigenvalue weighted by molar-refractivity contribution is 0.372. The molecule has 2 heteroatoms. The first-order chi connectivity index (χ1) is 8.42. The van der Waals surface area contributed by atoms with E-state index in [4.69, 9.17) is 0 Å². The van der Waals surface area contributed by atoms with Gasteiger partial charge in [0.15, 0.2) is 0 Å². The molecule has 1 aliphatic carbocycles. The summed E-state index contributed by atoms with van der Waals surface area (Å²) in [5.74, 6) is 0. The Morgan fingerprint density at radius 1 is 1.06 bits per heavy atom. The average Bonchev–Trinajstić information content (AvgIpc) is 2.85. The molecular formula is C15H22N2. The minimum atomic E-state index is 0.759. The lowest BCUT2D eigenvalue weighted by atomic mass is 9.95. The van der Waals surface area contributed by atoms with E-state index in [1.807, 2.05) is 0 Å². The van der Waals surface area contributed by atoms with Crippen LogP contribution >= 0.6 is 0 Å². The van der Waals surface area contributed by atoms with Gasteiger partial charge in [0.1, 0.15) is 0 Å². The van der Waals surface area contributed by atoms with Gasteiger partial charge < -0.3 is 10.6 Å². The second-order valence-corrected chi connectivity index (χ2v) is 5.42. The molecule has 1 aliphatic heterocycles. The van der Waals surface area contributed by atoms with Crippen molar-refractivity contribution in [1.82, 2.24) is 10.6 Å². The third-order valence-corrected chi connectivity index (χ3v) is 4.10. The zero-order valence-electron chi connectivity index (χ0n) is 10.5. The van der Waals surface area contributed by atoms with Crippen LogP contribution < -0.4 is 10.6 Å². The Labute approximate surface area is 104 Å². The van der Waals surface area contributed by atoms with Crippen LogP contribution in [0.2, 0.25) is 0 Å². The maximum Gasteiger partial charge on any atom is 0.0212 e. The number of fused-ring (bicyclic) bond motifs is 1. The first-order valence-electron chi connectivity index (χ1n) is 6.96. The SMILES string of the molecule is c1cc2c(cc1CNC1CCCCC1)CNC2. The maximum atomic E-state index is 3.71. The predicted octanol–water partition coefficient (Wildman–Crippen LogP) is 2.71. The fourth-order valence-corrected chi connectivity index (χ4v) is 3.03. The van der Waals surface area contributed by atoms with Crippen LogP contribution in [0.25, 0.3) is 0 Å². The van der Waals surface area contributed by atoms with Crippen LogP contribution in [0.15, 0.2) is 18.2 Å². The molecule has 1 saturated carbocycles. The van der Waals surface area contributed by atoms with E-state index in [9.17, 15) is 0 Å². The highest BCUT2D eigenvalue weighted by molar-refractivity contribution is 5.34. The van der Waals surface area contributed by atoms with E-state index < -0.39 is 0 Å². The average molecular weight is 230 g/mol. The first-order valence-corrected chi connectivity index (χ1v) is 6.96. The summed E-state index contributed by atoms with van der Waals surface area (Å²) in [4.78, 5) is 0. The molecule has 1 aromatic rings. The molecule has 0 radical (unpaired) electrons. The third kappa shape index (κ3) is 2.70. The minimum Gasteiger partial charge on any atom is -0.310 e. The summed E-state index contributed by atoms with van der Waals surface area (Å²) in [6.07, 6.45) is 6.99. The van der Waals surface area contributed by atoms with Gasteiger partial charge in [-0.05, 0) is 29.5 Å². The minimum absolute atomic E-state index is 0.759. The molecule has 0 spiro atoms. The molecule has 0 atom stereocenters. The summed E-state index contributed by atoms with van der Waals surface area (Å²) >= 11 is 0. The number of hydrogen-bond donors (Lipinski definition) is 2. The van der Waals surface area contributed by atoms with Crippen LogP contribution in [-0.4, -0.2) is 6.04 Å². The Hall–Kier alpha value is -0.860. The first kappa shape index (κ1) is 11.2. The number of nitrogens with one attached hydrogen (secondary N) is 2. The molecule has 2 aliphatic rings. The fourth-order valence-electron chi connectivity index (χ4n) is 3.03. The van der Waals surface area contributed by atoms with Crippen molar-refractivity contribution in [2.75, 3.05) is 0 Å². The highest BCUT2D eigenvalue weighted by atomic mass is 14.9. The van der Waals surface area contributed by atoms with Gasteiger partial charge in [-0.25, -0.2) is 0 Å². The van der Waals surface area contributed by atoms with Gasteiger partial charge in [0.25, 0.3) is 0 Å². The molecule has 17 heavy (non-hydrogen) atoms. The van der Waals surface area contributed by atoms with E-state index in [0.29, 0.717) is 0 Å². The second-order valence-electron chi connectivity index (χ2n) is 5.42. The van der Waals surface area contributed by atoms with Gasteiger partial charge in [-0.1, -0.05) is 37.5 Å². The van der Waals surface area contributed by atoms with Gasteiger partial charge in [-0.2, -0.15) is 0 Å². The Kier molecular flexibility index (Phi) is 3.44. The lowest BCUT2D eigenvalue weighted by Crippen LogP contribution is -2.30. The smallest absolute Gasteiger partial charge is 0.0212 e. The van der Waals surface area contributed by atoms with Crippen LogP contribution in [0.4, 0.5) is 0 Å². The second kappa shape index (κ2) is 5.19. The summed E-state index contributed by atoms with van der Waals surface area (Å²) in [5.41, 5.74) is 4.41. The van der Waals surface area contributed by atoms with Gasteiger partial charge in [0, 0.05) is 25.7 Å². The molecule has 92 valence electrons. The van der Waals surface area contributed by atoms with Gasteiger partial charge in [-0.3, -0.25) is 0 Å².